The number of ether oxygens (including phenoxy) is 1. The summed E-state index contributed by atoms with van der Waals surface area (Å²) in [6.07, 6.45) is 2.75. The van der Waals surface area contributed by atoms with Gasteiger partial charge in [0.15, 0.2) is 0 Å². The summed E-state index contributed by atoms with van der Waals surface area (Å²) in [5.41, 5.74) is 6.14. The van der Waals surface area contributed by atoms with Gasteiger partial charge in [-0.2, -0.15) is 0 Å². The predicted octanol–water partition coefficient (Wildman–Crippen LogP) is 2.08. The first-order valence-electron chi connectivity index (χ1n) is 6.85. The van der Waals surface area contributed by atoms with Gasteiger partial charge >= 0.3 is 0 Å². The second kappa shape index (κ2) is 6.06. The molecule has 2 rings (SSSR count). The summed E-state index contributed by atoms with van der Waals surface area (Å²) in [5.74, 6) is 1.81. The van der Waals surface area contributed by atoms with Crippen LogP contribution in [-0.4, -0.2) is 37.0 Å². The molecule has 4 nitrogen and oxygen atoms in total. The van der Waals surface area contributed by atoms with Crippen LogP contribution < -0.4 is 10.5 Å². The van der Waals surface area contributed by atoms with Crippen molar-refractivity contribution in [3.63, 3.8) is 0 Å². The third kappa shape index (κ3) is 3.96. The molecule has 0 bridgehead atoms. The van der Waals surface area contributed by atoms with Crippen LogP contribution in [0.4, 0.5) is 0 Å². The quantitative estimate of drug-likeness (QED) is 0.583. The molecular weight excluding hydrogens is 238 g/mol. The van der Waals surface area contributed by atoms with Crippen molar-refractivity contribution in [1.82, 2.24) is 4.90 Å². The van der Waals surface area contributed by atoms with Gasteiger partial charge in [0.2, 0.25) is 0 Å². The molecule has 0 saturated heterocycles. The molecular formula is C15H23N3O. The number of benzene rings is 1. The maximum Gasteiger partial charge on any atom is 0.122 e. The number of hydrogen-bond donors (Lipinski definition) is 2. The molecule has 0 aromatic heterocycles. The normalized spacial score (nSPS) is 16.4. The Kier molecular flexibility index (Phi) is 4.43. The molecule has 1 aromatic carbocycles. The van der Waals surface area contributed by atoms with E-state index in [1.54, 1.807) is 0 Å². The van der Waals surface area contributed by atoms with E-state index in [4.69, 9.17) is 15.9 Å². The largest absolute Gasteiger partial charge is 0.492 e. The molecule has 1 saturated carbocycles. The number of amidine groups is 1. The smallest absolute Gasteiger partial charge is 0.122 e. The molecule has 104 valence electrons. The van der Waals surface area contributed by atoms with E-state index >= 15 is 0 Å². The Morgan fingerprint density at radius 1 is 1.42 bits per heavy atom. The Balaban J connectivity index is 1.74. The van der Waals surface area contributed by atoms with Crippen molar-refractivity contribution in [3.05, 3.63) is 29.8 Å². The Morgan fingerprint density at radius 2 is 2.05 bits per heavy atom. The number of nitrogens with zero attached hydrogens (tertiary/aromatic N) is 1. The molecule has 0 radical (unpaired) electrons. The Morgan fingerprint density at radius 3 is 2.58 bits per heavy atom. The summed E-state index contributed by atoms with van der Waals surface area (Å²) >= 11 is 0. The van der Waals surface area contributed by atoms with E-state index in [0.717, 1.165) is 23.8 Å². The number of nitrogens with two attached hydrogens (primary N) is 1. The van der Waals surface area contributed by atoms with Crippen LogP contribution in [0.15, 0.2) is 24.3 Å². The van der Waals surface area contributed by atoms with Gasteiger partial charge in [0.25, 0.3) is 0 Å². The summed E-state index contributed by atoms with van der Waals surface area (Å²) < 4.78 is 5.71. The van der Waals surface area contributed by atoms with Crippen LogP contribution in [0.3, 0.4) is 0 Å². The summed E-state index contributed by atoms with van der Waals surface area (Å²) in [6, 6.07) is 8.01. The van der Waals surface area contributed by atoms with E-state index in [-0.39, 0.29) is 5.84 Å². The second-order valence-corrected chi connectivity index (χ2v) is 5.35. The Bertz CT molecular complexity index is 426. The van der Waals surface area contributed by atoms with Crippen molar-refractivity contribution in [2.45, 2.75) is 25.8 Å². The number of likely N-dealkylation sites (N-methyl/N-ethyl adjacent to an activating group) is 1. The highest BCUT2D eigenvalue weighted by atomic mass is 16.5. The molecule has 19 heavy (non-hydrogen) atoms. The molecule has 1 unspecified atom stereocenters. The zero-order valence-electron chi connectivity index (χ0n) is 11.7. The molecule has 0 amide bonds. The zero-order chi connectivity index (χ0) is 13.8. The average molecular weight is 261 g/mol. The van der Waals surface area contributed by atoms with E-state index in [0.29, 0.717) is 12.6 Å². The van der Waals surface area contributed by atoms with Crippen LogP contribution in [0.25, 0.3) is 0 Å². The highest BCUT2D eigenvalue weighted by Gasteiger charge is 2.30. The summed E-state index contributed by atoms with van der Waals surface area (Å²) in [5, 5.41) is 7.32. The van der Waals surface area contributed by atoms with Crippen molar-refractivity contribution < 1.29 is 4.74 Å². The van der Waals surface area contributed by atoms with Gasteiger partial charge in [-0.3, -0.25) is 5.41 Å². The fourth-order valence-corrected chi connectivity index (χ4v) is 2.18. The standard InChI is InChI=1S/C15H23N3O/c1-11(12-3-4-12)18(2)9-10-19-14-7-5-13(6-8-14)15(16)17/h5-8,11-12H,3-4,9-10H2,1-2H3,(H3,16,17). The molecule has 0 spiro atoms. The highest BCUT2D eigenvalue weighted by Crippen LogP contribution is 2.34. The van der Waals surface area contributed by atoms with E-state index in [9.17, 15) is 0 Å². The van der Waals surface area contributed by atoms with E-state index in [1.165, 1.54) is 12.8 Å². The van der Waals surface area contributed by atoms with Crippen molar-refractivity contribution in [2.75, 3.05) is 20.2 Å². The molecule has 1 aliphatic carbocycles. The Hall–Kier alpha value is -1.55. The lowest BCUT2D eigenvalue weighted by atomic mass is 10.2. The molecule has 1 aromatic rings. The minimum absolute atomic E-state index is 0.0875. The lowest BCUT2D eigenvalue weighted by molar-refractivity contribution is 0.186. The van der Waals surface area contributed by atoms with E-state index < -0.39 is 0 Å². The van der Waals surface area contributed by atoms with Gasteiger partial charge in [-0.1, -0.05) is 0 Å². The molecule has 1 atom stereocenters. The minimum atomic E-state index is 0.0875. The molecule has 1 fully saturated rings. The van der Waals surface area contributed by atoms with Crippen molar-refractivity contribution in [3.8, 4) is 5.75 Å². The first-order valence-corrected chi connectivity index (χ1v) is 6.85. The topological polar surface area (TPSA) is 62.3 Å². The summed E-state index contributed by atoms with van der Waals surface area (Å²) in [4.78, 5) is 2.36. The number of rotatable bonds is 7. The molecule has 0 aliphatic heterocycles. The van der Waals surface area contributed by atoms with Crippen LogP contribution in [0, 0.1) is 11.3 Å². The van der Waals surface area contributed by atoms with Crippen molar-refractivity contribution in [1.29, 1.82) is 5.41 Å². The van der Waals surface area contributed by atoms with Gasteiger partial charge < -0.3 is 15.4 Å². The minimum Gasteiger partial charge on any atom is -0.492 e. The monoisotopic (exact) mass is 261 g/mol. The Labute approximate surface area is 115 Å². The lowest BCUT2D eigenvalue weighted by Crippen LogP contribution is -2.34. The lowest BCUT2D eigenvalue weighted by Gasteiger charge is -2.24. The number of hydrogen-bond acceptors (Lipinski definition) is 3. The zero-order valence-corrected chi connectivity index (χ0v) is 11.7. The van der Waals surface area contributed by atoms with Crippen LogP contribution in [0.5, 0.6) is 5.75 Å². The molecule has 0 heterocycles. The van der Waals surface area contributed by atoms with E-state index in [1.807, 2.05) is 24.3 Å². The third-order valence-electron chi connectivity index (χ3n) is 3.88. The fraction of sp³-hybridized carbons (Fsp3) is 0.533. The van der Waals surface area contributed by atoms with Crippen LogP contribution in [-0.2, 0) is 0 Å². The first-order chi connectivity index (χ1) is 9.08. The van der Waals surface area contributed by atoms with Crippen LogP contribution in [0.2, 0.25) is 0 Å². The van der Waals surface area contributed by atoms with E-state index in [2.05, 4.69) is 18.9 Å². The number of nitrogens with one attached hydrogen (secondary N) is 1. The second-order valence-electron chi connectivity index (χ2n) is 5.35. The highest BCUT2D eigenvalue weighted by molar-refractivity contribution is 5.94. The average Bonchev–Trinajstić information content (AvgIpc) is 3.22. The number of nitrogen functional groups attached to an aromatic ring is 1. The molecule has 1 aliphatic rings. The fourth-order valence-electron chi connectivity index (χ4n) is 2.18. The summed E-state index contributed by atoms with van der Waals surface area (Å²) in [6.45, 7) is 3.92. The van der Waals surface area contributed by atoms with Gasteiger partial charge in [-0.15, -0.1) is 0 Å². The van der Waals surface area contributed by atoms with Gasteiger partial charge in [0.1, 0.15) is 18.2 Å². The van der Waals surface area contributed by atoms with Gasteiger partial charge in [0, 0.05) is 18.2 Å². The van der Waals surface area contributed by atoms with Crippen LogP contribution >= 0.6 is 0 Å². The van der Waals surface area contributed by atoms with Crippen molar-refractivity contribution in [2.24, 2.45) is 11.7 Å². The van der Waals surface area contributed by atoms with Gasteiger partial charge in [-0.25, -0.2) is 0 Å². The predicted molar refractivity (Wildman–Crippen MR) is 77.8 cm³/mol. The van der Waals surface area contributed by atoms with Crippen LogP contribution in [0.1, 0.15) is 25.3 Å². The summed E-state index contributed by atoms with van der Waals surface area (Å²) in [7, 11) is 2.16. The maximum absolute atomic E-state index is 7.32. The van der Waals surface area contributed by atoms with Crippen molar-refractivity contribution >= 4 is 5.84 Å². The molecule has 3 N–H and O–H groups in total. The van der Waals surface area contributed by atoms with Gasteiger partial charge in [0.05, 0.1) is 0 Å². The first kappa shape index (κ1) is 13.9. The van der Waals surface area contributed by atoms with Gasteiger partial charge in [-0.05, 0) is 57.0 Å². The third-order valence-corrected chi connectivity index (χ3v) is 3.88. The maximum atomic E-state index is 7.32. The molecule has 4 heteroatoms. The SMILES string of the molecule is CC(C1CC1)N(C)CCOc1ccc(C(=N)N)cc1.